The molecule has 0 aromatic rings. The molecule has 0 aromatic carbocycles. The Kier molecular flexibility index (Phi) is 30.1. The summed E-state index contributed by atoms with van der Waals surface area (Å²) in [5.41, 5.74) is 1.18. The molecule has 66 heavy (non-hydrogen) atoms. The maximum atomic E-state index is 13.2. The molecule has 4 aliphatic heterocycles. The number of ether oxygens (including phenoxy) is 3. The number of nitrogens with zero attached hydrogens (tertiary/aromatic N) is 1. The van der Waals surface area contributed by atoms with Crippen molar-refractivity contribution >= 4 is 0 Å². The predicted molar refractivity (Wildman–Crippen MR) is 287 cm³/mol. The second kappa shape index (κ2) is 29.3. The van der Waals surface area contributed by atoms with Crippen molar-refractivity contribution in [3.63, 3.8) is 0 Å². The molecule has 5 fully saturated rings. The Morgan fingerprint density at radius 2 is 1.05 bits per heavy atom. The van der Waals surface area contributed by atoms with Gasteiger partial charge in [-0.2, -0.15) is 0 Å². The van der Waals surface area contributed by atoms with Crippen LogP contribution in [-0.2, 0) is 14.2 Å². The van der Waals surface area contributed by atoms with Crippen molar-refractivity contribution in [1.82, 2.24) is 4.90 Å². The molecule has 5 rings (SSSR count). The maximum Gasteiger partial charge on any atom is 0.129 e. The average molecular weight is 945 g/mol. The fourth-order valence-corrected chi connectivity index (χ4v) is 8.60. The van der Waals surface area contributed by atoms with Crippen LogP contribution in [0.5, 0.6) is 0 Å². The molecule has 0 radical (unpaired) electrons. The van der Waals surface area contributed by atoms with E-state index in [1.807, 2.05) is 48.5 Å². The second-order valence-electron chi connectivity index (χ2n) is 29.2. The van der Waals surface area contributed by atoms with Crippen LogP contribution < -0.4 is 0 Å². The van der Waals surface area contributed by atoms with Gasteiger partial charge in [0.1, 0.15) is 6.17 Å². The molecule has 1 spiro atoms. The lowest BCUT2D eigenvalue weighted by Crippen LogP contribution is -2.54. The molecule has 4 saturated heterocycles. The van der Waals surface area contributed by atoms with E-state index in [-0.39, 0.29) is 5.41 Å². The van der Waals surface area contributed by atoms with E-state index in [2.05, 4.69) is 116 Å². The Morgan fingerprint density at radius 1 is 0.591 bits per heavy atom. The minimum atomic E-state index is -1.20. The van der Waals surface area contributed by atoms with Gasteiger partial charge in [0.15, 0.2) is 0 Å². The minimum absolute atomic E-state index is 0.0561. The van der Waals surface area contributed by atoms with Crippen molar-refractivity contribution in [3.05, 3.63) is 0 Å². The number of alkyl halides is 1. The molecule has 1 saturated carbocycles. The van der Waals surface area contributed by atoms with Gasteiger partial charge in [-0.25, -0.2) is 4.39 Å². The molecule has 0 bridgehead atoms. The third-order valence-corrected chi connectivity index (χ3v) is 14.0. The molecular formula is C59H122FNO5. The highest BCUT2D eigenvalue weighted by atomic mass is 19.1. The summed E-state index contributed by atoms with van der Waals surface area (Å²) in [5.74, 6) is 3.22. The molecule has 2 N–H and O–H groups in total. The lowest BCUT2D eigenvalue weighted by atomic mass is 9.54. The number of aliphatic hydroxyl groups is 2. The number of hydrogen-bond donors (Lipinski definition) is 2. The molecule has 4 heterocycles. The fourth-order valence-electron chi connectivity index (χ4n) is 8.60. The van der Waals surface area contributed by atoms with Crippen molar-refractivity contribution in [2.75, 3.05) is 59.3 Å². The molecule has 7 heteroatoms. The van der Waals surface area contributed by atoms with Crippen LogP contribution in [0.3, 0.4) is 0 Å². The summed E-state index contributed by atoms with van der Waals surface area (Å²) < 4.78 is 29.0. The van der Waals surface area contributed by atoms with Crippen LogP contribution in [0.15, 0.2) is 0 Å². The first kappa shape index (κ1) is 67.8. The predicted octanol–water partition coefficient (Wildman–Crippen LogP) is 16.3. The molecule has 1 aliphatic carbocycles. The van der Waals surface area contributed by atoms with E-state index in [0.29, 0.717) is 44.8 Å². The van der Waals surface area contributed by atoms with Gasteiger partial charge in [0.05, 0.1) is 24.4 Å². The van der Waals surface area contributed by atoms with E-state index in [4.69, 9.17) is 14.2 Å². The molecule has 5 aliphatic rings. The van der Waals surface area contributed by atoms with Crippen LogP contribution >= 0.6 is 0 Å². The summed E-state index contributed by atoms with van der Waals surface area (Å²) in [4.78, 5) is 2.59. The highest BCUT2D eigenvalue weighted by Crippen LogP contribution is 2.56. The summed E-state index contributed by atoms with van der Waals surface area (Å²) >= 11 is 0. The molecular weight excluding hydrogens is 822 g/mol. The minimum Gasteiger partial charge on any atom is -0.390 e. The van der Waals surface area contributed by atoms with Gasteiger partial charge < -0.3 is 29.3 Å². The van der Waals surface area contributed by atoms with E-state index in [0.717, 1.165) is 63.8 Å². The van der Waals surface area contributed by atoms with Crippen LogP contribution in [0.25, 0.3) is 0 Å². The normalized spacial score (nSPS) is 21.7. The van der Waals surface area contributed by atoms with E-state index >= 15 is 0 Å². The quantitative estimate of drug-likeness (QED) is 0.265. The van der Waals surface area contributed by atoms with E-state index in [1.165, 1.54) is 91.3 Å². The first-order valence-electron chi connectivity index (χ1n) is 27.1. The molecule has 6 nitrogen and oxygen atoms in total. The monoisotopic (exact) mass is 944 g/mol. The molecule has 400 valence electrons. The van der Waals surface area contributed by atoms with Crippen LogP contribution in [0.1, 0.15) is 244 Å². The largest absolute Gasteiger partial charge is 0.390 e. The van der Waals surface area contributed by atoms with Crippen molar-refractivity contribution in [2.45, 2.75) is 261 Å². The Balaban J connectivity index is 0. The molecule has 0 aromatic heterocycles. The van der Waals surface area contributed by atoms with E-state index in [9.17, 15) is 14.6 Å². The third kappa shape index (κ3) is 34.9. The lowest BCUT2D eigenvalue weighted by molar-refractivity contribution is -0.195. The number of hydrogen-bond acceptors (Lipinski definition) is 6. The summed E-state index contributed by atoms with van der Waals surface area (Å²) in [5, 5.41) is 18.8. The van der Waals surface area contributed by atoms with Crippen LogP contribution in [0.4, 0.5) is 4.39 Å². The number of rotatable bonds is 7. The van der Waals surface area contributed by atoms with Crippen LogP contribution in [0.2, 0.25) is 0 Å². The maximum absolute atomic E-state index is 13.2. The highest BCUT2D eigenvalue weighted by Gasteiger charge is 2.52. The zero-order chi connectivity index (χ0) is 52.2. The SMILES string of the molecule is CC.CC(C)(C)C1CC2(COC2)C1.CC(C)(C)C1CCOC1.CC(C)(C)CC(F)C(C)(C)O.CC(C)(C)CC1CCOCC1.CC(C)(C)CCN1CCCC1.CC(CC(C)(C)O)C(C)(C)C. The number of likely N-dealkylation sites (tertiary alicyclic amines) is 1. The van der Waals surface area contributed by atoms with Gasteiger partial charge in [0, 0.05) is 31.8 Å². The fraction of sp³-hybridized carbons (Fsp3) is 1.00. The lowest BCUT2D eigenvalue weighted by Gasteiger charge is -2.57. The first-order chi connectivity index (χ1) is 29.5. The van der Waals surface area contributed by atoms with Crippen molar-refractivity contribution in [1.29, 1.82) is 0 Å². The van der Waals surface area contributed by atoms with Gasteiger partial charge in [-0.15, -0.1) is 0 Å². The van der Waals surface area contributed by atoms with Crippen LogP contribution in [0, 0.1) is 61.6 Å². The van der Waals surface area contributed by atoms with Crippen molar-refractivity contribution in [2.24, 2.45) is 61.6 Å². The van der Waals surface area contributed by atoms with E-state index < -0.39 is 17.4 Å². The van der Waals surface area contributed by atoms with Crippen molar-refractivity contribution < 1.29 is 28.8 Å². The molecule has 3 atom stereocenters. The number of halogens is 1. The van der Waals surface area contributed by atoms with Crippen LogP contribution in [-0.4, -0.2) is 91.8 Å². The Bertz CT molecular complexity index is 1150. The average Bonchev–Trinajstić information content (AvgIpc) is 3.81. The highest BCUT2D eigenvalue weighted by molar-refractivity contribution is 5.01. The van der Waals surface area contributed by atoms with Gasteiger partial charge in [-0.3, -0.25) is 0 Å². The second-order valence-corrected chi connectivity index (χ2v) is 29.2. The zero-order valence-corrected chi connectivity index (χ0v) is 49.5. The standard InChI is InChI=1S/C10H21N.C10H18O.C10H20O.C10H22O.C9H19FO.C8H16O.C2H6/c1-10(2,3)6-9-11-7-4-5-8-11;1-9(2,3)8-4-10(5-8)6-11-7-10;1-10(2,3)8-9-4-6-11-7-5-9;1-8(9(2,3)4)7-10(5,6)11;1-8(2,3)6-7(10)9(4,5)11;1-8(2,3)7-4-5-9-6-7;1-2/h4-9H2,1-3H3;8H,4-7H2,1-3H3;9H,4-8H2,1-3H3;8,11H,7H2,1-6H3;7,11H,6H2,1-5H3;7H,4-6H2,1-3H3;1-2H3. The summed E-state index contributed by atoms with van der Waals surface area (Å²) in [7, 11) is 0. The van der Waals surface area contributed by atoms with Gasteiger partial charge in [0.25, 0.3) is 0 Å². The van der Waals surface area contributed by atoms with Gasteiger partial charge in [0.2, 0.25) is 0 Å². The molecule has 0 amide bonds. The van der Waals surface area contributed by atoms with Gasteiger partial charge >= 0.3 is 0 Å². The summed E-state index contributed by atoms with van der Waals surface area (Å²) in [6.07, 6.45) is 12.3. The van der Waals surface area contributed by atoms with Gasteiger partial charge in [-0.1, -0.05) is 145 Å². The Hall–Kier alpha value is -0.310. The third-order valence-electron chi connectivity index (χ3n) is 14.0. The zero-order valence-electron chi connectivity index (χ0n) is 49.5. The smallest absolute Gasteiger partial charge is 0.129 e. The first-order valence-corrected chi connectivity index (χ1v) is 27.1. The van der Waals surface area contributed by atoms with Gasteiger partial charge in [-0.05, 0) is 174 Å². The van der Waals surface area contributed by atoms with Crippen molar-refractivity contribution in [3.8, 4) is 0 Å². The Morgan fingerprint density at radius 3 is 1.30 bits per heavy atom. The topological polar surface area (TPSA) is 71.4 Å². The summed E-state index contributed by atoms with van der Waals surface area (Å²) in [6.45, 7) is 63.3. The van der Waals surface area contributed by atoms with E-state index in [1.54, 1.807) is 0 Å². The summed E-state index contributed by atoms with van der Waals surface area (Å²) in [6, 6.07) is 0. The molecule has 3 unspecified atom stereocenters. The Labute approximate surface area is 414 Å².